The zero-order valence-corrected chi connectivity index (χ0v) is 17.5. The first-order valence-corrected chi connectivity index (χ1v) is 10.1. The van der Waals surface area contributed by atoms with Crippen LogP contribution in [0.2, 0.25) is 0 Å². The summed E-state index contributed by atoms with van der Waals surface area (Å²) in [7, 11) is 0. The molecule has 1 aliphatic rings. The number of ether oxygens (including phenoxy) is 1. The number of para-hydroxylation sites is 1. The molecule has 0 bridgehead atoms. The summed E-state index contributed by atoms with van der Waals surface area (Å²) >= 11 is 5.94. The summed E-state index contributed by atoms with van der Waals surface area (Å²) in [5.74, 6) is 0.366. The average molecular weight is 378 g/mol. The number of hydrogen-bond donors (Lipinski definition) is 0. The summed E-state index contributed by atoms with van der Waals surface area (Å²) in [6, 6.07) is 8.29. The van der Waals surface area contributed by atoms with E-state index in [1.54, 1.807) is 5.54 Å². The summed E-state index contributed by atoms with van der Waals surface area (Å²) in [6.07, 6.45) is 4.90. The molecule has 0 aromatic heterocycles. The first-order chi connectivity index (χ1) is 12.3. The van der Waals surface area contributed by atoms with Gasteiger partial charge in [0.1, 0.15) is 5.60 Å². The van der Waals surface area contributed by atoms with E-state index in [0.717, 1.165) is 43.4 Å². The van der Waals surface area contributed by atoms with Crippen LogP contribution in [0.15, 0.2) is 35.4 Å². The van der Waals surface area contributed by atoms with Crippen LogP contribution in [0.3, 0.4) is 0 Å². The van der Waals surface area contributed by atoms with Crippen LogP contribution in [-0.2, 0) is 11.2 Å². The second kappa shape index (κ2) is 8.94. The first kappa shape index (κ1) is 20.8. The number of hydrogen-bond acceptors (Lipinski definition) is 2. The van der Waals surface area contributed by atoms with Crippen LogP contribution in [-0.4, -0.2) is 17.7 Å². The summed E-state index contributed by atoms with van der Waals surface area (Å²) in [4.78, 5) is 14.9. The number of unbranched alkanes of at least 4 members (excludes halogenated alkanes) is 1. The van der Waals surface area contributed by atoms with Crippen LogP contribution in [0.1, 0.15) is 65.9 Å². The van der Waals surface area contributed by atoms with Gasteiger partial charge in [0.15, 0.2) is 0 Å². The molecule has 1 amide bonds. The Balaban J connectivity index is 2.35. The smallest absolute Gasteiger partial charge is 0.415 e. The Morgan fingerprint density at radius 1 is 1.38 bits per heavy atom. The Kier molecular flexibility index (Phi) is 7.16. The van der Waals surface area contributed by atoms with Gasteiger partial charge in [-0.25, -0.2) is 4.79 Å². The second-order valence-electron chi connectivity index (χ2n) is 8.31. The quantitative estimate of drug-likeness (QED) is 0.552. The van der Waals surface area contributed by atoms with Gasteiger partial charge in [-0.1, -0.05) is 55.1 Å². The van der Waals surface area contributed by atoms with Crippen LogP contribution < -0.4 is 4.90 Å². The van der Waals surface area contributed by atoms with E-state index in [4.69, 9.17) is 16.3 Å². The van der Waals surface area contributed by atoms with Crippen molar-refractivity contribution in [3.05, 3.63) is 40.9 Å². The maximum absolute atomic E-state index is 13.0. The predicted molar refractivity (Wildman–Crippen MR) is 110 cm³/mol. The molecule has 0 unspecified atom stereocenters. The Morgan fingerprint density at radius 2 is 2.08 bits per heavy atom. The van der Waals surface area contributed by atoms with Gasteiger partial charge in [-0.3, -0.25) is 4.90 Å². The molecule has 2 rings (SSSR count). The number of nitrogens with zero attached hydrogens (tertiary/aromatic N) is 1. The fourth-order valence-corrected chi connectivity index (χ4v) is 3.78. The molecule has 0 saturated heterocycles. The summed E-state index contributed by atoms with van der Waals surface area (Å²) in [6.45, 7) is 10.0. The van der Waals surface area contributed by atoms with E-state index in [9.17, 15) is 4.79 Å². The minimum Gasteiger partial charge on any atom is -0.443 e. The highest BCUT2D eigenvalue weighted by molar-refractivity contribution is 6.25. The van der Waals surface area contributed by atoms with Crippen molar-refractivity contribution in [1.82, 2.24) is 0 Å². The molecule has 0 aliphatic carbocycles. The van der Waals surface area contributed by atoms with Crippen LogP contribution in [0.25, 0.3) is 0 Å². The van der Waals surface area contributed by atoms with E-state index in [-0.39, 0.29) is 12.1 Å². The van der Waals surface area contributed by atoms with Gasteiger partial charge in [0, 0.05) is 11.6 Å². The van der Waals surface area contributed by atoms with E-state index in [0.29, 0.717) is 5.92 Å². The molecule has 0 N–H and O–H groups in total. The monoisotopic (exact) mass is 377 g/mol. The largest absolute Gasteiger partial charge is 0.443 e. The average Bonchev–Trinajstić information content (AvgIpc) is 2.96. The van der Waals surface area contributed by atoms with E-state index < -0.39 is 5.60 Å². The molecule has 3 nitrogen and oxygen atoms in total. The topological polar surface area (TPSA) is 29.5 Å². The molecule has 144 valence electrons. The Hall–Kier alpha value is -1.48. The molecule has 0 spiro atoms. The zero-order valence-electron chi connectivity index (χ0n) is 16.7. The third-order valence-electron chi connectivity index (χ3n) is 4.85. The number of benzene rings is 1. The summed E-state index contributed by atoms with van der Waals surface area (Å²) in [5.41, 5.74) is 4.52. The lowest BCUT2D eigenvalue weighted by molar-refractivity contribution is 0.0557. The maximum atomic E-state index is 13.0. The van der Waals surface area contributed by atoms with E-state index in [1.165, 1.54) is 5.56 Å². The number of fused-ring (bicyclic) bond motifs is 1. The Bertz CT molecular complexity index is 648. The molecule has 1 aromatic rings. The third-order valence-corrected chi connectivity index (χ3v) is 5.22. The summed E-state index contributed by atoms with van der Waals surface area (Å²) in [5, 5.41) is 0. The van der Waals surface area contributed by atoms with E-state index >= 15 is 0 Å². The van der Waals surface area contributed by atoms with Gasteiger partial charge < -0.3 is 4.74 Å². The molecule has 0 radical (unpaired) electrons. The number of rotatable bonds is 6. The molecule has 1 aliphatic heterocycles. The molecular weight excluding hydrogens is 346 g/mol. The lowest BCUT2D eigenvalue weighted by Crippen LogP contribution is -2.45. The van der Waals surface area contributed by atoms with Gasteiger partial charge in [-0.15, -0.1) is 0 Å². The van der Waals surface area contributed by atoms with Gasteiger partial charge in [-0.2, -0.15) is 0 Å². The van der Waals surface area contributed by atoms with Crippen molar-refractivity contribution in [2.45, 2.75) is 78.4 Å². The van der Waals surface area contributed by atoms with Gasteiger partial charge in [0.25, 0.3) is 0 Å². The third kappa shape index (κ3) is 5.26. The summed E-state index contributed by atoms with van der Waals surface area (Å²) < 4.78 is 5.74. The van der Waals surface area contributed by atoms with Crippen molar-refractivity contribution >= 4 is 23.4 Å². The fourth-order valence-electron chi connectivity index (χ4n) is 3.69. The van der Waals surface area contributed by atoms with Gasteiger partial charge in [-0.05, 0) is 64.5 Å². The predicted octanol–water partition coefficient (Wildman–Crippen LogP) is 6.69. The standard InChI is InChI=1S/C22H32ClNO2/c1-6-7-10-17(13-16(2)15-23)20-14-18-11-8-9-12-19(18)24(20)21(25)26-22(3,4)5/h8-9,11-12,15,17,20H,6-7,10,13-14H2,1-5H3/b16-15+/t17-,20+/m0/s1. The lowest BCUT2D eigenvalue weighted by atomic mass is 9.86. The van der Waals surface area contributed by atoms with Crippen molar-refractivity contribution in [1.29, 1.82) is 0 Å². The molecule has 0 fully saturated rings. The normalized spacial score (nSPS) is 18.6. The van der Waals surface area contributed by atoms with Crippen molar-refractivity contribution in [2.75, 3.05) is 4.90 Å². The minimum absolute atomic E-state index is 0.111. The SMILES string of the molecule is CCCC[C@@H](C/C(C)=C/Cl)[C@H]1Cc2ccccc2N1C(=O)OC(C)(C)C. The number of allylic oxidation sites excluding steroid dienone is 1. The molecular formula is C22H32ClNO2. The Labute approximate surface area is 163 Å². The van der Waals surface area contributed by atoms with Crippen molar-refractivity contribution in [3.8, 4) is 0 Å². The number of carbonyl (C=O) groups excluding carboxylic acids is 1. The molecule has 0 saturated carbocycles. The van der Waals surface area contributed by atoms with Gasteiger partial charge >= 0.3 is 6.09 Å². The van der Waals surface area contributed by atoms with E-state index in [2.05, 4.69) is 19.9 Å². The number of halogens is 1. The van der Waals surface area contributed by atoms with Crippen molar-refractivity contribution in [3.63, 3.8) is 0 Å². The van der Waals surface area contributed by atoms with Crippen LogP contribution in [0.5, 0.6) is 0 Å². The van der Waals surface area contributed by atoms with Gasteiger partial charge in [0.05, 0.1) is 5.69 Å². The van der Waals surface area contributed by atoms with Crippen LogP contribution in [0, 0.1) is 5.92 Å². The highest BCUT2D eigenvalue weighted by atomic mass is 35.5. The second-order valence-corrected chi connectivity index (χ2v) is 8.53. The molecule has 1 aromatic carbocycles. The van der Waals surface area contributed by atoms with E-state index in [1.807, 2.05) is 43.9 Å². The first-order valence-electron chi connectivity index (χ1n) is 9.62. The van der Waals surface area contributed by atoms with Crippen molar-refractivity contribution < 1.29 is 9.53 Å². The maximum Gasteiger partial charge on any atom is 0.415 e. The lowest BCUT2D eigenvalue weighted by Gasteiger charge is -2.34. The highest BCUT2D eigenvalue weighted by Gasteiger charge is 2.40. The van der Waals surface area contributed by atoms with Crippen molar-refractivity contribution in [2.24, 2.45) is 5.92 Å². The van der Waals surface area contributed by atoms with Crippen LogP contribution >= 0.6 is 11.6 Å². The fraction of sp³-hybridized carbons (Fsp3) is 0.591. The zero-order chi connectivity index (χ0) is 19.3. The highest BCUT2D eigenvalue weighted by Crippen LogP contribution is 2.39. The molecule has 4 heteroatoms. The molecule has 2 atom stereocenters. The number of carbonyl (C=O) groups is 1. The Morgan fingerprint density at radius 3 is 2.69 bits per heavy atom. The molecule has 1 heterocycles. The minimum atomic E-state index is -0.510. The van der Waals surface area contributed by atoms with Crippen LogP contribution in [0.4, 0.5) is 10.5 Å². The number of amides is 1. The van der Waals surface area contributed by atoms with Gasteiger partial charge in [0.2, 0.25) is 0 Å². The number of anilines is 1. The molecule has 26 heavy (non-hydrogen) atoms.